The van der Waals surface area contributed by atoms with Crippen LogP contribution < -0.4 is 5.32 Å². The molecule has 4 rings (SSSR count). The van der Waals surface area contributed by atoms with E-state index < -0.39 is 0 Å². The van der Waals surface area contributed by atoms with Crippen LogP contribution in [-0.4, -0.2) is 40.4 Å². The van der Waals surface area contributed by atoms with E-state index in [4.69, 9.17) is 0 Å². The van der Waals surface area contributed by atoms with Crippen molar-refractivity contribution >= 4 is 5.91 Å². The Hall–Kier alpha value is -2.27. The molecule has 0 radical (unpaired) electrons. The molecule has 1 aromatic carbocycles. The van der Waals surface area contributed by atoms with Crippen molar-refractivity contribution in [2.75, 3.05) is 19.6 Å². The molecular formula is C21H26N4O. The minimum absolute atomic E-state index is 0.0634. The van der Waals surface area contributed by atoms with Gasteiger partial charge in [0.15, 0.2) is 0 Å². The van der Waals surface area contributed by atoms with Gasteiger partial charge in [0, 0.05) is 37.9 Å². The molecule has 1 aliphatic heterocycles. The number of benzene rings is 1. The minimum Gasteiger partial charge on any atom is -0.352 e. The Kier molecular flexibility index (Phi) is 5.25. The summed E-state index contributed by atoms with van der Waals surface area (Å²) in [4.78, 5) is 23.4. The predicted octanol–water partition coefficient (Wildman–Crippen LogP) is 3.00. The van der Waals surface area contributed by atoms with E-state index in [0.717, 1.165) is 31.9 Å². The maximum Gasteiger partial charge on any atom is 0.254 e. The van der Waals surface area contributed by atoms with Crippen molar-refractivity contribution in [2.24, 2.45) is 5.92 Å². The van der Waals surface area contributed by atoms with Crippen molar-refractivity contribution in [3.05, 3.63) is 59.7 Å². The predicted molar refractivity (Wildman–Crippen MR) is 101 cm³/mol. The van der Waals surface area contributed by atoms with E-state index in [-0.39, 0.29) is 5.91 Å². The molecular weight excluding hydrogens is 324 g/mol. The smallest absolute Gasteiger partial charge is 0.254 e. The average molecular weight is 350 g/mol. The molecule has 2 aliphatic rings. The normalized spacial score (nSPS) is 20.2. The lowest BCUT2D eigenvalue weighted by molar-refractivity contribution is 0.0950. The maximum absolute atomic E-state index is 12.2. The van der Waals surface area contributed by atoms with E-state index in [0.29, 0.717) is 23.9 Å². The number of amides is 1. The fraction of sp³-hybridized carbons (Fsp3) is 0.476. The third-order valence-corrected chi connectivity index (χ3v) is 5.33. The monoisotopic (exact) mass is 350 g/mol. The van der Waals surface area contributed by atoms with Gasteiger partial charge in [0.05, 0.1) is 5.56 Å². The van der Waals surface area contributed by atoms with Crippen molar-refractivity contribution in [3.8, 4) is 0 Å². The minimum atomic E-state index is -0.0634. The molecule has 5 nitrogen and oxygen atoms in total. The van der Waals surface area contributed by atoms with Crippen LogP contribution >= 0.6 is 0 Å². The van der Waals surface area contributed by atoms with Crippen LogP contribution in [0.2, 0.25) is 0 Å². The van der Waals surface area contributed by atoms with Gasteiger partial charge in [0.25, 0.3) is 5.91 Å². The van der Waals surface area contributed by atoms with Crippen LogP contribution in [0, 0.1) is 5.92 Å². The van der Waals surface area contributed by atoms with Crippen LogP contribution in [-0.2, 0) is 6.54 Å². The summed E-state index contributed by atoms with van der Waals surface area (Å²) in [6.45, 7) is 4.00. The average Bonchev–Trinajstić information content (AvgIpc) is 3.44. The molecule has 1 aromatic heterocycles. The van der Waals surface area contributed by atoms with Gasteiger partial charge in [0.1, 0.15) is 5.82 Å². The molecule has 2 fully saturated rings. The van der Waals surface area contributed by atoms with Crippen molar-refractivity contribution in [3.63, 3.8) is 0 Å². The van der Waals surface area contributed by atoms with Crippen molar-refractivity contribution in [1.82, 2.24) is 20.2 Å². The molecule has 1 N–H and O–H groups in total. The zero-order valence-electron chi connectivity index (χ0n) is 15.1. The molecule has 0 bridgehead atoms. The van der Waals surface area contributed by atoms with E-state index in [1.165, 1.54) is 24.8 Å². The first-order valence-corrected chi connectivity index (χ1v) is 9.64. The van der Waals surface area contributed by atoms with Crippen LogP contribution in [0.25, 0.3) is 0 Å². The largest absolute Gasteiger partial charge is 0.352 e. The quantitative estimate of drug-likeness (QED) is 0.834. The molecule has 1 saturated carbocycles. The van der Waals surface area contributed by atoms with Crippen LogP contribution in [0.5, 0.6) is 0 Å². The maximum atomic E-state index is 12.2. The fourth-order valence-corrected chi connectivity index (χ4v) is 3.63. The number of hydrogen-bond acceptors (Lipinski definition) is 4. The number of carbonyl (C=O) groups is 1. The summed E-state index contributed by atoms with van der Waals surface area (Å²) in [5.41, 5.74) is 1.93. The summed E-state index contributed by atoms with van der Waals surface area (Å²) in [6, 6.07) is 10.6. The van der Waals surface area contributed by atoms with Crippen LogP contribution in [0.15, 0.2) is 42.7 Å². The summed E-state index contributed by atoms with van der Waals surface area (Å²) >= 11 is 0. The summed E-state index contributed by atoms with van der Waals surface area (Å²) in [5.74, 6) is 2.00. The summed E-state index contributed by atoms with van der Waals surface area (Å²) in [6.07, 6.45) is 7.91. The number of hydrogen-bond donors (Lipinski definition) is 1. The van der Waals surface area contributed by atoms with Gasteiger partial charge in [-0.15, -0.1) is 0 Å². The van der Waals surface area contributed by atoms with Gasteiger partial charge in [-0.2, -0.15) is 0 Å². The molecule has 2 heterocycles. The molecule has 1 amide bonds. The van der Waals surface area contributed by atoms with E-state index in [9.17, 15) is 4.79 Å². The molecule has 136 valence electrons. The lowest BCUT2D eigenvalue weighted by Crippen LogP contribution is -2.27. The van der Waals surface area contributed by atoms with Gasteiger partial charge in [0.2, 0.25) is 0 Å². The van der Waals surface area contributed by atoms with Crippen molar-refractivity contribution in [2.45, 2.75) is 38.1 Å². The van der Waals surface area contributed by atoms with E-state index >= 15 is 0 Å². The number of nitrogens with one attached hydrogen (secondary N) is 1. The molecule has 1 saturated heterocycles. The Balaban J connectivity index is 1.18. The van der Waals surface area contributed by atoms with E-state index in [2.05, 4.69) is 50.5 Å². The second kappa shape index (κ2) is 7.96. The highest BCUT2D eigenvalue weighted by Crippen LogP contribution is 2.37. The Bertz CT molecular complexity index is 727. The zero-order chi connectivity index (χ0) is 17.8. The van der Waals surface area contributed by atoms with E-state index in [1.807, 2.05) is 0 Å². The van der Waals surface area contributed by atoms with Gasteiger partial charge in [-0.25, -0.2) is 9.97 Å². The van der Waals surface area contributed by atoms with E-state index in [1.54, 1.807) is 12.4 Å². The van der Waals surface area contributed by atoms with Gasteiger partial charge >= 0.3 is 0 Å². The number of carbonyl (C=O) groups excluding carboxylic acids is 1. The summed E-state index contributed by atoms with van der Waals surface area (Å²) in [7, 11) is 0. The number of nitrogens with zero attached hydrogens (tertiary/aromatic N) is 3. The standard InChI is InChI=1S/C21H26N4O/c26-21(19-12-23-20(24-13-19)18-6-7-18)22-10-8-17-9-11-25(15-17)14-16-4-2-1-3-5-16/h1-5,12-13,17-18H,6-11,14-15H2,(H,22,26)/t17-/m1/s1. The topological polar surface area (TPSA) is 58.1 Å². The third-order valence-electron chi connectivity index (χ3n) is 5.33. The molecule has 26 heavy (non-hydrogen) atoms. The van der Waals surface area contributed by atoms with Crippen molar-refractivity contribution in [1.29, 1.82) is 0 Å². The summed E-state index contributed by atoms with van der Waals surface area (Å²) < 4.78 is 0. The second-order valence-corrected chi connectivity index (χ2v) is 7.52. The van der Waals surface area contributed by atoms with Crippen LogP contribution in [0.4, 0.5) is 0 Å². The summed E-state index contributed by atoms with van der Waals surface area (Å²) in [5, 5.41) is 3.02. The van der Waals surface area contributed by atoms with Crippen LogP contribution in [0.3, 0.4) is 0 Å². The first kappa shape index (κ1) is 17.2. The van der Waals surface area contributed by atoms with Crippen molar-refractivity contribution < 1.29 is 4.79 Å². The number of likely N-dealkylation sites (tertiary alicyclic amines) is 1. The molecule has 0 unspecified atom stereocenters. The van der Waals surface area contributed by atoms with Gasteiger partial charge in [-0.05, 0) is 43.7 Å². The highest BCUT2D eigenvalue weighted by Gasteiger charge is 2.26. The number of rotatable bonds is 7. The Morgan fingerprint density at radius 2 is 1.88 bits per heavy atom. The fourth-order valence-electron chi connectivity index (χ4n) is 3.63. The highest BCUT2D eigenvalue weighted by molar-refractivity contribution is 5.93. The number of aromatic nitrogens is 2. The zero-order valence-corrected chi connectivity index (χ0v) is 15.1. The SMILES string of the molecule is O=C(NCC[C@@H]1CCN(Cc2ccccc2)C1)c1cnc(C2CC2)nc1. The highest BCUT2D eigenvalue weighted by atomic mass is 16.1. The van der Waals surface area contributed by atoms with Gasteiger partial charge < -0.3 is 5.32 Å². The molecule has 2 aromatic rings. The lowest BCUT2D eigenvalue weighted by atomic mass is 10.1. The molecule has 0 spiro atoms. The molecule has 1 atom stereocenters. The van der Waals surface area contributed by atoms with Gasteiger partial charge in [-0.3, -0.25) is 9.69 Å². The second-order valence-electron chi connectivity index (χ2n) is 7.52. The van der Waals surface area contributed by atoms with Gasteiger partial charge in [-0.1, -0.05) is 30.3 Å². The first-order chi connectivity index (χ1) is 12.8. The Morgan fingerprint density at radius 1 is 1.12 bits per heavy atom. The third kappa shape index (κ3) is 4.47. The molecule has 5 heteroatoms. The first-order valence-electron chi connectivity index (χ1n) is 9.64. The molecule has 1 aliphatic carbocycles. The Morgan fingerprint density at radius 3 is 2.62 bits per heavy atom. The van der Waals surface area contributed by atoms with Crippen LogP contribution in [0.1, 0.15) is 53.3 Å². The Labute approximate surface area is 154 Å². The lowest BCUT2D eigenvalue weighted by Gasteiger charge is -2.16.